The topological polar surface area (TPSA) is 6.48 Å². The second kappa shape index (κ2) is 14.5. The van der Waals surface area contributed by atoms with Gasteiger partial charge in [-0.05, 0) is 24.8 Å². The quantitative estimate of drug-likeness (QED) is 0.269. The van der Waals surface area contributed by atoms with Crippen LogP contribution in [0.2, 0.25) is 0 Å². The first-order valence-electron chi connectivity index (χ1n) is 12.1. The van der Waals surface area contributed by atoms with Crippen molar-refractivity contribution in [1.29, 1.82) is 0 Å². The van der Waals surface area contributed by atoms with Crippen LogP contribution in [0.25, 0.3) is 0 Å². The molecular weight excluding hydrogens is 340 g/mol. The van der Waals surface area contributed by atoms with Crippen LogP contribution in [0.5, 0.6) is 0 Å². The molecule has 2 nitrogen and oxygen atoms in total. The van der Waals surface area contributed by atoms with Gasteiger partial charge in [0.05, 0.1) is 0 Å². The Morgan fingerprint density at radius 1 is 0.643 bits per heavy atom. The first-order valence-corrected chi connectivity index (χ1v) is 12.1. The van der Waals surface area contributed by atoms with Crippen LogP contribution in [0.15, 0.2) is 42.7 Å². The van der Waals surface area contributed by atoms with Gasteiger partial charge in [-0.1, -0.05) is 108 Å². The molecule has 1 atom stereocenters. The van der Waals surface area contributed by atoms with Crippen LogP contribution < -0.4 is 0 Å². The molecule has 0 saturated carbocycles. The molecule has 0 aliphatic carbocycles. The van der Waals surface area contributed by atoms with Gasteiger partial charge >= 0.3 is 0 Å². The fraction of sp³-hybridized carbons (Fsp3) is 0.692. The van der Waals surface area contributed by atoms with Crippen LogP contribution in [-0.2, 0) is 6.54 Å². The van der Waals surface area contributed by atoms with Crippen molar-refractivity contribution in [2.24, 2.45) is 0 Å². The van der Waals surface area contributed by atoms with E-state index in [1.807, 2.05) is 0 Å². The highest BCUT2D eigenvalue weighted by Gasteiger charge is 2.25. The smallest absolute Gasteiger partial charge is 0.101 e. The Bertz CT molecular complexity index is 510. The summed E-state index contributed by atoms with van der Waals surface area (Å²) in [7, 11) is 0. The molecule has 1 heterocycles. The maximum absolute atomic E-state index is 2.61. The lowest BCUT2D eigenvalue weighted by Gasteiger charge is -2.33. The van der Waals surface area contributed by atoms with E-state index < -0.39 is 0 Å². The number of rotatable bonds is 16. The van der Waals surface area contributed by atoms with E-state index in [0.717, 1.165) is 6.54 Å². The summed E-state index contributed by atoms with van der Waals surface area (Å²) in [5.74, 6) is 0. The monoisotopic (exact) mass is 384 g/mol. The van der Waals surface area contributed by atoms with E-state index in [1.165, 1.54) is 95.6 Å². The molecule has 0 radical (unpaired) electrons. The second-order valence-corrected chi connectivity index (χ2v) is 8.50. The van der Waals surface area contributed by atoms with Gasteiger partial charge in [-0.3, -0.25) is 0 Å². The highest BCUT2D eigenvalue weighted by molar-refractivity contribution is 5.15. The summed E-state index contributed by atoms with van der Waals surface area (Å²) in [4.78, 5) is 5.18. The summed E-state index contributed by atoms with van der Waals surface area (Å²) in [6.45, 7) is 6.83. The molecule has 1 aliphatic heterocycles. The highest BCUT2D eigenvalue weighted by atomic mass is 15.4. The van der Waals surface area contributed by atoms with Crippen LogP contribution in [0.3, 0.4) is 0 Å². The van der Waals surface area contributed by atoms with Crippen molar-refractivity contribution in [3.8, 4) is 0 Å². The van der Waals surface area contributed by atoms with Crippen molar-refractivity contribution in [3.63, 3.8) is 0 Å². The normalized spacial score (nSPS) is 16.3. The van der Waals surface area contributed by atoms with Gasteiger partial charge < -0.3 is 9.80 Å². The molecule has 2 rings (SSSR count). The van der Waals surface area contributed by atoms with Crippen molar-refractivity contribution in [2.45, 2.75) is 110 Å². The van der Waals surface area contributed by atoms with E-state index >= 15 is 0 Å². The van der Waals surface area contributed by atoms with E-state index in [2.05, 4.69) is 66.4 Å². The van der Waals surface area contributed by atoms with Gasteiger partial charge in [0, 0.05) is 25.5 Å². The van der Waals surface area contributed by atoms with Crippen LogP contribution >= 0.6 is 0 Å². The van der Waals surface area contributed by atoms with Crippen molar-refractivity contribution in [3.05, 3.63) is 48.3 Å². The number of hydrogen-bond donors (Lipinski definition) is 0. The summed E-state index contributed by atoms with van der Waals surface area (Å²) in [5.41, 5.74) is 1.42. The molecule has 1 aromatic rings. The van der Waals surface area contributed by atoms with Gasteiger partial charge in [0.25, 0.3) is 0 Å². The zero-order valence-corrected chi connectivity index (χ0v) is 18.6. The predicted molar refractivity (Wildman–Crippen MR) is 123 cm³/mol. The Morgan fingerprint density at radius 3 is 1.89 bits per heavy atom. The van der Waals surface area contributed by atoms with Gasteiger partial charge in [-0.2, -0.15) is 0 Å². The maximum Gasteiger partial charge on any atom is 0.101 e. The molecule has 0 amide bonds. The van der Waals surface area contributed by atoms with E-state index in [-0.39, 0.29) is 0 Å². The molecule has 0 bridgehead atoms. The number of benzene rings is 1. The molecule has 0 fully saturated rings. The van der Waals surface area contributed by atoms with Crippen molar-refractivity contribution in [2.75, 3.05) is 6.54 Å². The van der Waals surface area contributed by atoms with Crippen LogP contribution in [-0.4, -0.2) is 22.5 Å². The zero-order valence-electron chi connectivity index (χ0n) is 18.6. The Labute approximate surface area is 175 Å². The van der Waals surface area contributed by atoms with Crippen molar-refractivity contribution in [1.82, 2.24) is 9.80 Å². The average molecular weight is 385 g/mol. The number of hydrogen-bond acceptors (Lipinski definition) is 2. The zero-order chi connectivity index (χ0) is 19.9. The van der Waals surface area contributed by atoms with Crippen molar-refractivity contribution < 1.29 is 0 Å². The number of unbranched alkanes of at least 4 members (excludes halogenated alkanes) is 10. The lowest BCUT2D eigenvalue weighted by molar-refractivity contribution is 0.132. The first kappa shape index (κ1) is 22.8. The van der Waals surface area contributed by atoms with E-state index in [1.54, 1.807) is 0 Å². The van der Waals surface area contributed by atoms with Gasteiger partial charge in [0.15, 0.2) is 0 Å². The van der Waals surface area contributed by atoms with Crippen LogP contribution in [0.4, 0.5) is 0 Å². The van der Waals surface area contributed by atoms with Gasteiger partial charge in [-0.25, -0.2) is 0 Å². The molecule has 1 aliphatic rings. The summed E-state index contributed by atoms with van der Waals surface area (Å²) in [5, 5.41) is 0. The predicted octanol–water partition coefficient (Wildman–Crippen LogP) is 7.71. The molecule has 158 valence electrons. The second-order valence-electron chi connectivity index (χ2n) is 8.50. The van der Waals surface area contributed by atoms with Crippen molar-refractivity contribution >= 4 is 0 Å². The molecule has 0 spiro atoms. The Balaban J connectivity index is 1.76. The Morgan fingerprint density at radius 2 is 1.21 bits per heavy atom. The number of nitrogens with zero attached hydrogens (tertiary/aromatic N) is 2. The largest absolute Gasteiger partial charge is 0.356 e. The standard InChI is InChI=1S/C26H44N2/c1-3-5-7-9-10-11-12-16-20-26-27(21-17-8-6-4-2)22-23-28(26)24-25-18-14-13-15-19-25/h13-15,18-19,22-23,26H,3-12,16-17,20-21,24H2,1-2H3. The molecule has 2 heteroatoms. The minimum Gasteiger partial charge on any atom is -0.356 e. The summed E-state index contributed by atoms with van der Waals surface area (Å²) in [6.07, 6.45) is 23.1. The van der Waals surface area contributed by atoms with Gasteiger partial charge in [0.1, 0.15) is 6.17 Å². The third-order valence-electron chi connectivity index (χ3n) is 6.01. The minimum atomic E-state index is 0.557. The third-order valence-corrected chi connectivity index (χ3v) is 6.01. The van der Waals surface area contributed by atoms with Crippen LogP contribution in [0, 0.1) is 0 Å². The molecular formula is C26H44N2. The molecule has 0 N–H and O–H groups in total. The summed E-state index contributed by atoms with van der Waals surface area (Å²) >= 11 is 0. The lowest BCUT2D eigenvalue weighted by Crippen LogP contribution is -2.38. The average Bonchev–Trinajstić information content (AvgIpc) is 3.09. The third kappa shape index (κ3) is 8.71. The van der Waals surface area contributed by atoms with Crippen LogP contribution in [0.1, 0.15) is 103 Å². The SMILES string of the molecule is CCCCCCCCCCC1N(CCCCCC)C=CN1Cc1ccccc1. The molecule has 1 aromatic carbocycles. The van der Waals surface area contributed by atoms with Gasteiger partial charge in [0.2, 0.25) is 0 Å². The lowest BCUT2D eigenvalue weighted by atomic mass is 10.1. The summed E-state index contributed by atoms with van der Waals surface area (Å²) < 4.78 is 0. The fourth-order valence-electron chi connectivity index (χ4n) is 4.25. The minimum absolute atomic E-state index is 0.557. The Kier molecular flexibility index (Phi) is 11.9. The van der Waals surface area contributed by atoms with E-state index in [4.69, 9.17) is 0 Å². The Hall–Kier alpha value is -1.44. The van der Waals surface area contributed by atoms with Gasteiger partial charge in [-0.15, -0.1) is 0 Å². The maximum atomic E-state index is 2.61. The fourth-order valence-corrected chi connectivity index (χ4v) is 4.25. The van der Waals surface area contributed by atoms with E-state index in [9.17, 15) is 0 Å². The summed E-state index contributed by atoms with van der Waals surface area (Å²) in [6, 6.07) is 10.9. The molecule has 28 heavy (non-hydrogen) atoms. The molecule has 0 aromatic heterocycles. The molecule has 0 saturated heterocycles. The van der Waals surface area contributed by atoms with E-state index in [0.29, 0.717) is 6.17 Å². The molecule has 1 unspecified atom stereocenters. The first-order chi connectivity index (χ1) is 13.8. The highest BCUT2D eigenvalue weighted by Crippen LogP contribution is 2.24.